The molecule has 3 rings (SSSR count). The smallest absolute Gasteiger partial charge is 0.252 e. The molecule has 0 aromatic heterocycles. The SMILES string of the molecule is NC(=O)C(NC(=O)c1cccc(S(=O)(=O)N2CCCCC2)c1)c1ccccc1. The molecule has 1 aliphatic heterocycles. The van der Waals surface area contributed by atoms with Crippen LogP contribution in [0.15, 0.2) is 59.5 Å². The van der Waals surface area contributed by atoms with Crippen LogP contribution >= 0.6 is 0 Å². The minimum absolute atomic E-state index is 0.0670. The third-order valence-corrected chi connectivity index (χ3v) is 6.64. The fourth-order valence-corrected chi connectivity index (χ4v) is 4.79. The molecule has 7 nitrogen and oxygen atoms in total. The van der Waals surface area contributed by atoms with E-state index in [0.29, 0.717) is 18.7 Å². The summed E-state index contributed by atoms with van der Waals surface area (Å²) in [5.74, 6) is -1.26. The van der Waals surface area contributed by atoms with E-state index in [-0.39, 0.29) is 10.5 Å². The van der Waals surface area contributed by atoms with Crippen molar-refractivity contribution < 1.29 is 18.0 Å². The van der Waals surface area contributed by atoms with E-state index in [9.17, 15) is 18.0 Å². The number of benzene rings is 2. The van der Waals surface area contributed by atoms with Crippen LogP contribution in [-0.2, 0) is 14.8 Å². The number of hydrogen-bond acceptors (Lipinski definition) is 4. The summed E-state index contributed by atoms with van der Waals surface area (Å²) in [6.45, 7) is 0.965. The second kappa shape index (κ2) is 8.53. The molecule has 2 amide bonds. The van der Waals surface area contributed by atoms with Gasteiger partial charge in [0.15, 0.2) is 0 Å². The van der Waals surface area contributed by atoms with Crippen molar-refractivity contribution in [2.75, 3.05) is 13.1 Å². The van der Waals surface area contributed by atoms with E-state index in [4.69, 9.17) is 5.73 Å². The number of nitrogens with one attached hydrogen (secondary N) is 1. The molecule has 1 atom stereocenters. The molecular formula is C20H23N3O4S. The highest BCUT2D eigenvalue weighted by atomic mass is 32.2. The van der Waals surface area contributed by atoms with Gasteiger partial charge in [0.25, 0.3) is 5.91 Å². The fourth-order valence-electron chi connectivity index (χ4n) is 3.23. The summed E-state index contributed by atoms with van der Waals surface area (Å²) in [4.78, 5) is 24.5. The van der Waals surface area contributed by atoms with Crippen molar-refractivity contribution in [2.45, 2.75) is 30.2 Å². The minimum Gasteiger partial charge on any atom is -0.368 e. The number of primary amides is 1. The van der Waals surface area contributed by atoms with Gasteiger partial charge in [-0.1, -0.05) is 42.8 Å². The lowest BCUT2D eigenvalue weighted by molar-refractivity contribution is -0.120. The predicted octanol–water partition coefficient (Wildman–Crippen LogP) is 1.82. The van der Waals surface area contributed by atoms with Gasteiger partial charge in [-0.25, -0.2) is 8.42 Å². The molecule has 8 heteroatoms. The lowest BCUT2D eigenvalue weighted by atomic mass is 10.1. The number of carbonyl (C=O) groups is 2. The van der Waals surface area contributed by atoms with E-state index in [2.05, 4.69) is 5.32 Å². The summed E-state index contributed by atoms with van der Waals surface area (Å²) in [6.07, 6.45) is 2.68. The highest BCUT2D eigenvalue weighted by Crippen LogP contribution is 2.22. The molecule has 28 heavy (non-hydrogen) atoms. The Labute approximate surface area is 164 Å². The molecule has 0 saturated carbocycles. The number of nitrogens with zero attached hydrogens (tertiary/aromatic N) is 1. The first-order chi connectivity index (χ1) is 13.4. The van der Waals surface area contributed by atoms with Crippen molar-refractivity contribution in [1.29, 1.82) is 0 Å². The van der Waals surface area contributed by atoms with Crippen LogP contribution in [-0.4, -0.2) is 37.6 Å². The van der Waals surface area contributed by atoms with Gasteiger partial charge >= 0.3 is 0 Å². The van der Waals surface area contributed by atoms with Crippen LogP contribution in [0.25, 0.3) is 0 Å². The second-order valence-corrected chi connectivity index (χ2v) is 8.65. The Kier molecular flexibility index (Phi) is 6.11. The normalized spacial score (nSPS) is 16.3. The van der Waals surface area contributed by atoms with Crippen LogP contribution in [0.3, 0.4) is 0 Å². The molecular weight excluding hydrogens is 378 g/mol. The summed E-state index contributed by atoms with van der Waals surface area (Å²) >= 11 is 0. The molecule has 3 N–H and O–H groups in total. The number of carbonyl (C=O) groups excluding carboxylic acids is 2. The van der Waals surface area contributed by atoms with Gasteiger partial charge in [-0.3, -0.25) is 9.59 Å². The molecule has 0 radical (unpaired) electrons. The van der Waals surface area contributed by atoms with E-state index in [1.807, 2.05) is 0 Å². The Hall–Kier alpha value is -2.71. The fraction of sp³-hybridized carbons (Fsp3) is 0.300. The quantitative estimate of drug-likeness (QED) is 0.769. The second-order valence-electron chi connectivity index (χ2n) is 6.71. The maximum absolute atomic E-state index is 12.8. The van der Waals surface area contributed by atoms with E-state index in [1.54, 1.807) is 30.3 Å². The van der Waals surface area contributed by atoms with Gasteiger partial charge in [0.1, 0.15) is 6.04 Å². The Morgan fingerprint density at radius 3 is 2.29 bits per heavy atom. The number of amides is 2. The molecule has 0 spiro atoms. The zero-order valence-electron chi connectivity index (χ0n) is 15.4. The first kappa shape index (κ1) is 20.0. The molecule has 0 bridgehead atoms. The minimum atomic E-state index is -3.65. The first-order valence-corrected chi connectivity index (χ1v) is 10.6. The van der Waals surface area contributed by atoms with E-state index >= 15 is 0 Å². The van der Waals surface area contributed by atoms with Gasteiger partial charge in [-0.15, -0.1) is 0 Å². The maximum Gasteiger partial charge on any atom is 0.252 e. The van der Waals surface area contributed by atoms with Crippen LogP contribution in [0.2, 0.25) is 0 Å². The summed E-state index contributed by atoms with van der Waals surface area (Å²) < 4.78 is 27.1. The first-order valence-electron chi connectivity index (χ1n) is 9.15. The van der Waals surface area contributed by atoms with Crippen molar-refractivity contribution in [3.05, 3.63) is 65.7 Å². The highest BCUT2D eigenvalue weighted by molar-refractivity contribution is 7.89. The van der Waals surface area contributed by atoms with Crippen LogP contribution in [0.4, 0.5) is 0 Å². The van der Waals surface area contributed by atoms with Crippen LogP contribution in [0, 0.1) is 0 Å². The number of rotatable bonds is 6. The summed E-state index contributed by atoms with van der Waals surface area (Å²) in [7, 11) is -3.65. The zero-order valence-corrected chi connectivity index (χ0v) is 16.2. The predicted molar refractivity (Wildman–Crippen MR) is 105 cm³/mol. The number of piperidine rings is 1. The maximum atomic E-state index is 12.8. The topological polar surface area (TPSA) is 110 Å². The zero-order chi connectivity index (χ0) is 20.1. The van der Waals surface area contributed by atoms with Gasteiger partial charge in [0.2, 0.25) is 15.9 Å². The summed E-state index contributed by atoms with van der Waals surface area (Å²) in [6, 6.07) is 13.5. The molecule has 1 unspecified atom stereocenters. The average molecular weight is 401 g/mol. The van der Waals surface area contributed by atoms with Gasteiger partial charge < -0.3 is 11.1 Å². The van der Waals surface area contributed by atoms with Crippen molar-refractivity contribution in [3.8, 4) is 0 Å². The molecule has 2 aromatic rings. The van der Waals surface area contributed by atoms with Crippen LogP contribution in [0.5, 0.6) is 0 Å². The van der Waals surface area contributed by atoms with Gasteiger partial charge in [-0.05, 0) is 36.6 Å². The largest absolute Gasteiger partial charge is 0.368 e. The van der Waals surface area contributed by atoms with Gasteiger partial charge in [0, 0.05) is 18.7 Å². The molecule has 1 aliphatic rings. The average Bonchev–Trinajstić information content (AvgIpc) is 2.73. The van der Waals surface area contributed by atoms with E-state index < -0.39 is 27.9 Å². The van der Waals surface area contributed by atoms with E-state index in [1.165, 1.54) is 28.6 Å². The Morgan fingerprint density at radius 2 is 1.64 bits per heavy atom. The molecule has 148 valence electrons. The van der Waals surface area contributed by atoms with Gasteiger partial charge in [0.05, 0.1) is 4.90 Å². The van der Waals surface area contributed by atoms with Gasteiger partial charge in [-0.2, -0.15) is 4.31 Å². The van der Waals surface area contributed by atoms with Crippen LogP contribution in [0.1, 0.15) is 41.2 Å². The molecule has 1 fully saturated rings. The van der Waals surface area contributed by atoms with Crippen molar-refractivity contribution in [3.63, 3.8) is 0 Å². The van der Waals surface area contributed by atoms with Crippen LogP contribution < -0.4 is 11.1 Å². The molecule has 0 aliphatic carbocycles. The third kappa shape index (κ3) is 4.40. The third-order valence-electron chi connectivity index (χ3n) is 4.74. The molecule has 1 saturated heterocycles. The number of hydrogen-bond donors (Lipinski definition) is 2. The van der Waals surface area contributed by atoms with E-state index in [0.717, 1.165) is 19.3 Å². The Balaban J connectivity index is 1.83. The molecule has 2 aromatic carbocycles. The standard InChI is InChI=1S/C20H23N3O4S/c21-19(24)18(15-8-3-1-4-9-15)22-20(25)16-10-7-11-17(14-16)28(26,27)23-12-5-2-6-13-23/h1,3-4,7-11,14,18H,2,5-6,12-13H2,(H2,21,24)(H,22,25). The lowest BCUT2D eigenvalue weighted by Gasteiger charge is -2.26. The number of nitrogens with two attached hydrogens (primary N) is 1. The number of sulfonamides is 1. The monoisotopic (exact) mass is 401 g/mol. The Morgan fingerprint density at radius 1 is 0.964 bits per heavy atom. The highest BCUT2D eigenvalue weighted by Gasteiger charge is 2.27. The van der Waals surface area contributed by atoms with Crippen molar-refractivity contribution in [2.24, 2.45) is 5.73 Å². The summed E-state index contributed by atoms with van der Waals surface area (Å²) in [5, 5.41) is 2.59. The Bertz CT molecular complexity index is 954. The lowest BCUT2D eigenvalue weighted by Crippen LogP contribution is -2.38. The van der Waals surface area contributed by atoms with Crippen molar-refractivity contribution >= 4 is 21.8 Å². The summed E-state index contributed by atoms with van der Waals surface area (Å²) in [5.41, 5.74) is 6.14. The molecule has 1 heterocycles. The van der Waals surface area contributed by atoms with Crippen molar-refractivity contribution in [1.82, 2.24) is 9.62 Å².